The summed E-state index contributed by atoms with van der Waals surface area (Å²) in [6.07, 6.45) is 5.79. The molecule has 1 spiro atoms. The fourth-order valence-corrected chi connectivity index (χ4v) is 7.14. The van der Waals surface area contributed by atoms with Crippen molar-refractivity contribution in [1.82, 2.24) is 9.88 Å². The number of piperidine rings is 3. The molecule has 0 unspecified atom stereocenters. The van der Waals surface area contributed by atoms with Crippen LogP contribution in [0.2, 0.25) is 14.8 Å². The monoisotopic (exact) mass is 380 g/mol. The van der Waals surface area contributed by atoms with Crippen molar-refractivity contribution in [1.29, 1.82) is 0 Å². The fourth-order valence-electron chi connectivity index (χ4n) is 4.12. The number of pyridine rings is 1. The number of aromatic nitrogens is 1. The zero-order valence-corrected chi connectivity index (χ0v) is 15.6. The number of nitrogens with zero attached hydrogens (tertiary/aromatic N) is 2. The van der Waals surface area contributed by atoms with Gasteiger partial charge in [0.1, 0.15) is 0 Å². The first-order valence-corrected chi connectivity index (χ1v) is 17.9. The van der Waals surface area contributed by atoms with Crippen LogP contribution in [0.4, 0.5) is 0 Å². The molecule has 1 aromatic rings. The van der Waals surface area contributed by atoms with Crippen LogP contribution in [0, 0.1) is 5.92 Å². The van der Waals surface area contributed by atoms with Crippen molar-refractivity contribution in [3.8, 4) is 5.88 Å². The van der Waals surface area contributed by atoms with Gasteiger partial charge >= 0.3 is 126 Å². The van der Waals surface area contributed by atoms with Gasteiger partial charge in [0.2, 0.25) is 0 Å². The summed E-state index contributed by atoms with van der Waals surface area (Å²) in [5, 5.41) is 0. The van der Waals surface area contributed by atoms with E-state index >= 15 is 0 Å². The van der Waals surface area contributed by atoms with Crippen LogP contribution in [0.1, 0.15) is 18.4 Å². The molecular formula is C16H24N2OSn. The summed E-state index contributed by atoms with van der Waals surface area (Å²) in [5.41, 5.74) is 1.43. The van der Waals surface area contributed by atoms with E-state index in [0.29, 0.717) is 0 Å². The Morgan fingerprint density at radius 1 is 1.30 bits per heavy atom. The van der Waals surface area contributed by atoms with Gasteiger partial charge in [-0.3, -0.25) is 0 Å². The first-order chi connectivity index (χ1) is 9.46. The van der Waals surface area contributed by atoms with E-state index in [1.165, 1.54) is 35.1 Å². The molecule has 20 heavy (non-hydrogen) atoms. The summed E-state index contributed by atoms with van der Waals surface area (Å²) in [6, 6.07) is 2.42. The summed E-state index contributed by atoms with van der Waals surface area (Å²) < 4.78 is 7.94. The van der Waals surface area contributed by atoms with Crippen LogP contribution >= 0.6 is 0 Å². The molecule has 0 amide bonds. The average Bonchev–Trinajstić information content (AvgIpc) is 2.75. The summed E-state index contributed by atoms with van der Waals surface area (Å²) in [4.78, 5) is 14.6. The molecule has 1 atom stereocenters. The minimum atomic E-state index is -2.02. The summed E-state index contributed by atoms with van der Waals surface area (Å²) in [7, 11) is 0. The van der Waals surface area contributed by atoms with Gasteiger partial charge in [-0.1, -0.05) is 0 Å². The van der Waals surface area contributed by atoms with Crippen molar-refractivity contribution in [2.45, 2.75) is 39.7 Å². The van der Waals surface area contributed by atoms with Gasteiger partial charge in [-0.05, 0) is 0 Å². The van der Waals surface area contributed by atoms with Gasteiger partial charge in [0, 0.05) is 0 Å². The molecule has 4 aliphatic heterocycles. The molecule has 5 heterocycles. The van der Waals surface area contributed by atoms with Crippen molar-refractivity contribution in [3.05, 3.63) is 17.8 Å². The molecule has 4 aliphatic rings. The molecule has 108 valence electrons. The Hall–Kier alpha value is -0.291. The molecule has 0 aliphatic carbocycles. The average molecular weight is 379 g/mol. The van der Waals surface area contributed by atoms with Crippen LogP contribution in [-0.2, 0) is 6.42 Å². The van der Waals surface area contributed by atoms with Crippen LogP contribution < -0.4 is 8.32 Å². The summed E-state index contributed by atoms with van der Waals surface area (Å²) >= 11 is -2.02. The topological polar surface area (TPSA) is 25.4 Å². The van der Waals surface area contributed by atoms with Crippen LogP contribution in [-0.4, -0.2) is 53.5 Å². The van der Waals surface area contributed by atoms with E-state index in [2.05, 4.69) is 37.0 Å². The molecule has 3 nitrogen and oxygen atoms in total. The molecule has 0 aromatic carbocycles. The van der Waals surface area contributed by atoms with Crippen molar-refractivity contribution in [3.63, 3.8) is 0 Å². The summed E-state index contributed by atoms with van der Waals surface area (Å²) in [5.74, 6) is 1.67. The van der Waals surface area contributed by atoms with E-state index in [9.17, 15) is 0 Å². The number of hydrogen-bond acceptors (Lipinski definition) is 3. The van der Waals surface area contributed by atoms with Crippen molar-refractivity contribution in [2.24, 2.45) is 5.92 Å². The van der Waals surface area contributed by atoms with E-state index in [1.54, 1.807) is 0 Å². The zero-order chi connectivity index (χ0) is 14.0. The van der Waals surface area contributed by atoms with Crippen molar-refractivity contribution in [2.75, 3.05) is 19.6 Å². The predicted octanol–water partition coefficient (Wildman–Crippen LogP) is 2.03. The Morgan fingerprint density at radius 2 is 2.05 bits per heavy atom. The van der Waals surface area contributed by atoms with E-state index in [4.69, 9.17) is 4.74 Å². The fraction of sp³-hybridized carbons (Fsp3) is 0.688. The molecule has 4 heteroatoms. The number of hydrogen-bond donors (Lipinski definition) is 0. The second-order valence-electron chi connectivity index (χ2n) is 7.83. The molecule has 0 N–H and O–H groups in total. The Balaban J connectivity index is 1.67. The van der Waals surface area contributed by atoms with E-state index in [-0.39, 0.29) is 5.60 Å². The van der Waals surface area contributed by atoms with Gasteiger partial charge in [-0.2, -0.15) is 0 Å². The van der Waals surface area contributed by atoms with Crippen molar-refractivity contribution < 1.29 is 4.74 Å². The van der Waals surface area contributed by atoms with Gasteiger partial charge in [0.25, 0.3) is 0 Å². The zero-order valence-electron chi connectivity index (χ0n) is 12.8. The number of ether oxygens (including phenoxy) is 1. The van der Waals surface area contributed by atoms with Crippen LogP contribution in [0.15, 0.2) is 12.3 Å². The van der Waals surface area contributed by atoms with E-state index in [0.717, 1.165) is 24.8 Å². The van der Waals surface area contributed by atoms with E-state index < -0.39 is 18.4 Å². The van der Waals surface area contributed by atoms with Crippen LogP contribution in [0.25, 0.3) is 0 Å². The molecule has 5 rings (SSSR count). The van der Waals surface area contributed by atoms with Crippen LogP contribution in [0.3, 0.4) is 0 Å². The van der Waals surface area contributed by atoms with Gasteiger partial charge in [-0.15, -0.1) is 0 Å². The standard InChI is InChI=1S/C13H15N2O.3CH3.Sn/c1-2-10-8-13(16-12(10)14-5-1)9-15-6-3-11(13)4-7-15;;;;/h2,5,11H,3-4,6-9H2;3*1H3;/t13-;;;;/m0..../s1. The third-order valence-electron chi connectivity index (χ3n) is 5.40. The number of rotatable bonds is 1. The van der Waals surface area contributed by atoms with Gasteiger partial charge < -0.3 is 0 Å². The minimum absolute atomic E-state index is 0.0534. The van der Waals surface area contributed by atoms with Crippen molar-refractivity contribution >= 4 is 22.0 Å². The molecule has 3 saturated heterocycles. The molecule has 0 radical (unpaired) electrons. The normalized spacial score (nSPS) is 35.1. The SMILES string of the molecule is [CH3][Sn]([CH3])([CH3])[c]1cnc2c(c1)C[C@@]1(CN3CCC1CC3)O2. The molecule has 1 aromatic heterocycles. The Bertz CT molecular complexity index is 546. The van der Waals surface area contributed by atoms with Gasteiger partial charge in [0.05, 0.1) is 0 Å². The third kappa shape index (κ3) is 2.00. The molecular weight excluding hydrogens is 355 g/mol. The first kappa shape index (κ1) is 13.4. The molecule has 2 bridgehead atoms. The Morgan fingerprint density at radius 3 is 2.65 bits per heavy atom. The van der Waals surface area contributed by atoms with Crippen LogP contribution in [0.5, 0.6) is 5.88 Å². The Labute approximate surface area is 125 Å². The van der Waals surface area contributed by atoms with E-state index in [1.807, 2.05) is 0 Å². The predicted molar refractivity (Wildman–Crippen MR) is 83.4 cm³/mol. The Kier molecular flexibility index (Phi) is 2.91. The second kappa shape index (κ2) is 4.35. The summed E-state index contributed by atoms with van der Waals surface area (Å²) in [6.45, 7) is 3.65. The van der Waals surface area contributed by atoms with Gasteiger partial charge in [-0.25, -0.2) is 0 Å². The quantitative estimate of drug-likeness (QED) is 0.699. The molecule has 3 fully saturated rings. The first-order valence-electron chi connectivity index (χ1n) is 7.87. The third-order valence-corrected chi connectivity index (χ3v) is 11.1. The van der Waals surface area contributed by atoms with Gasteiger partial charge in [0.15, 0.2) is 0 Å². The maximum absolute atomic E-state index is 6.41. The number of fused-ring (bicyclic) bond motifs is 3. The maximum atomic E-state index is 6.41. The molecule has 0 saturated carbocycles. The second-order valence-corrected chi connectivity index (χ2v) is 22.3.